The number of rotatable bonds is 3. The fourth-order valence-corrected chi connectivity index (χ4v) is 4.89. The van der Waals surface area contributed by atoms with Crippen LogP contribution < -0.4 is 5.32 Å². The molecule has 0 aliphatic carbocycles. The smallest absolute Gasteiger partial charge is 0.136 e. The van der Waals surface area contributed by atoms with Gasteiger partial charge in [0.05, 0.1) is 11.4 Å². The number of nitrogens with one attached hydrogen (secondary N) is 1. The molecular formula is C20H31N7. The van der Waals surface area contributed by atoms with E-state index in [4.69, 9.17) is 5.10 Å². The largest absolute Gasteiger partial charge is 0.315 e. The summed E-state index contributed by atoms with van der Waals surface area (Å²) >= 11 is 0. The van der Waals surface area contributed by atoms with Crippen molar-refractivity contribution in [3.05, 3.63) is 29.1 Å². The van der Waals surface area contributed by atoms with E-state index in [2.05, 4.69) is 35.7 Å². The Balaban J connectivity index is 1.20. The summed E-state index contributed by atoms with van der Waals surface area (Å²) in [5.41, 5.74) is 2.56. The van der Waals surface area contributed by atoms with Gasteiger partial charge in [-0.15, -0.1) is 10.2 Å². The second-order valence-corrected chi connectivity index (χ2v) is 8.37. The van der Waals surface area contributed by atoms with Gasteiger partial charge in [-0.1, -0.05) is 6.42 Å². The first kappa shape index (κ1) is 17.4. The minimum atomic E-state index is 0.573. The summed E-state index contributed by atoms with van der Waals surface area (Å²) in [4.78, 5) is 2.56. The van der Waals surface area contributed by atoms with E-state index in [9.17, 15) is 0 Å². The van der Waals surface area contributed by atoms with E-state index in [1.807, 2.05) is 0 Å². The van der Waals surface area contributed by atoms with Gasteiger partial charge in [0.1, 0.15) is 11.6 Å². The minimum absolute atomic E-state index is 0.573. The predicted octanol–water partition coefficient (Wildman–Crippen LogP) is 2.07. The predicted molar refractivity (Wildman–Crippen MR) is 103 cm³/mol. The molecule has 0 aromatic carbocycles. The van der Waals surface area contributed by atoms with Crippen LogP contribution in [0.25, 0.3) is 0 Å². The highest BCUT2D eigenvalue weighted by Gasteiger charge is 2.27. The van der Waals surface area contributed by atoms with Crippen LogP contribution >= 0.6 is 0 Å². The van der Waals surface area contributed by atoms with Crippen LogP contribution in [0.3, 0.4) is 0 Å². The van der Waals surface area contributed by atoms with Crippen LogP contribution in [0.15, 0.2) is 6.07 Å². The quantitative estimate of drug-likeness (QED) is 0.897. The molecule has 3 aliphatic rings. The molecule has 5 heterocycles. The zero-order valence-corrected chi connectivity index (χ0v) is 16.2. The number of likely N-dealkylation sites (tertiary alicyclic amines) is 1. The molecule has 2 aromatic rings. The van der Waals surface area contributed by atoms with E-state index >= 15 is 0 Å². The number of piperidine rings is 1. The lowest BCUT2D eigenvalue weighted by Gasteiger charge is -2.31. The van der Waals surface area contributed by atoms with Crippen molar-refractivity contribution in [2.75, 3.05) is 19.6 Å². The van der Waals surface area contributed by atoms with Crippen molar-refractivity contribution in [3.63, 3.8) is 0 Å². The average Bonchev–Trinajstić information content (AvgIpc) is 3.08. The normalized spacial score (nSPS) is 22.1. The maximum absolute atomic E-state index is 4.85. The highest BCUT2D eigenvalue weighted by molar-refractivity contribution is 5.12. The monoisotopic (exact) mass is 369 g/mol. The standard InChI is InChI=1S/C20H31N7/c1-2-5-19-22-23-20(26(19)9-3-1)16-6-11-25(12-7-16)15-17-13-18-14-21-8-4-10-27(18)24-17/h13,16,21H,1-12,14-15H2. The molecule has 0 amide bonds. The molecule has 27 heavy (non-hydrogen) atoms. The minimum Gasteiger partial charge on any atom is -0.315 e. The maximum atomic E-state index is 4.85. The van der Waals surface area contributed by atoms with Crippen molar-refractivity contribution in [2.24, 2.45) is 0 Å². The Hall–Kier alpha value is -1.73. The van der Waals surface area contributed by atoms with Crippen LogP contribution in [0.2, 0.25) is 0 Å². The highest BCUT2D eigenvalue weighted by Crippen LogP contribution is 2.29. The first-order valence-corrected chi connectivity index (χ1v) is 10.8. The topological polar surface area (TPSA) is 63.8 Å². The molecule has 1 fully saturated rings. The SMILES string of the molecule is c1c(CN2CCC(c3nnc4n3CCCCC4)CC2)nn2c1CNCCC2. The van der Waals surface area contributed by atoms with Gasteiger partial charge in [0, 0.05) is 38.5 Å². The molecule has 146 valence electrons. The summed E-state index contributed by atoms with van der Waals surface area (Å²) in [5, 5.41) is 17.4. The summed E-state index contributed by atoms with van der Waals surface area (Å²) in [7, 11) is 0. The van der Waals surface area contributed by atoms with Crippen molar-refractivity contribution in [3.8, 4) is 0 Å². The number of hydrogen-bond donors (Lipinski definition) is 1. The fraction of sp³-hybridized carbons (Fsp3) is 0.750. The van der Waals surface area contributed by atoms with E-state index in [1.165, 1.54) is 61.6 Å². The molecular weight excluding hydrogens is 338 g/mol. The van der Waals surface area contributed by atoms with Gasteiger partial charge in [0.2, 0.25) is 0 Å². The lowest BCUT2D eigenvalue weighted by molar-refractivity contribution is 0.197. The van der Waals surface area contributed by atoms with Crippen molar-refractivity contribution in [2.45, 2.75) is 77.0 Å². The zero-order valence-electron chi connectivity index (χ0n) is 16.2. The van der Waals surface area contributed by atoms with Gasteiger partial charge >= 0.3 is 0 Å². The van der Waals surface area contributed by atoms with E-state index in [0.717, 1.165) is 52.2 Å². The second kappa shape index (κ2) is 7.72. The Labute approximate surface area is 161 Å². The van der Waals surface area contributed by atoms with Gasteiger partial charge in [-0.2, -0.15) is 5.10 Å². The van der Waals surface area contributed by atoms with Crippen molar-refractivity contribution >= 4 is 0 Å². The van der Waals surface area contributed by atoms with E-state index in [-0.39, 0.29) is 0 Å². The van der Waals surface area contributed by atoms with Crippen molar-refractivity contribution in [1.82, 2.24) is 34.8 Å². The van der Waals surface area contributed by atoms with Crippen LogP contribution in [0.1, 0.15) is 67.5 Å². The van der Waals surface area contributed by atoms with Gasteiger partial charge in [-0.05, 0) is 57.8 Å². The molecule has 0 unspecified atom stereocenters. The van der Waals surface area contributed by atoms with Crippen LogP contribution in [-0.2, 0) is 32.6 Å². The Morgan fingerprint density at radius 2 is 1.93 bits per heavy atom. The summed E-state index contributed by atoms with van der Waals surface area (Å²) in [6, 6.07) is 2.29. The highest BCUT2D eigenvalue weighted by atomic mass is 15.3. The molecule has 3 aliphatic heterocycles. The third kappa shape index (κ3) is 3.67. The lowest BCUT2D eigenvalue weighted by Crippen LogP contribution is -2.33. The molecule has 0 saturated carbocycles. The Morgan fingerprint density at radius 3 is 2.85 bits per heavy atom. The molecule has 0 bridgehead atoms. The van der Waals surface area contributed by atoms with Gasteiger partial charge in [-0.3, -0.25) is 9.58 Å². The van der Waals surface area contributed by atoms with Gasteiger partial charge in [-0.25, -0.2) is 0 Å². The Morgan fingerprint density at radius 1 is 1.00 bits per heavy atom. The molecule has 0 spiro atoms. The molecule has 2 aromatic heterocycles. The summed E-state index contributed by atoms with van der Waals surface area (Å²) < 4.78 is 4.64. The van der Waals surface area contributed by atoms with E-state index < -0.39 is 0 Å². The average molecular weight is 370 g/mol. The first-order valence-electron chi connectivity index (χ1n) is 10.8. The molecule has 1 N–H and O–H groups in total. The third-order valence-corrected chi connectivity index (χ3v) is 6.42. The summed E-state index contributed by atoms with van der Waals surface area (Å²) in [5.74, 6) is 3.05. The number of nitrogens with zero attached hydrogens (tertiary/aromatic N) is 6. The van der Waals surface area contributed by atoms with E-state index in [0.29, 0.717) is 5.92 Å². The number of hydrogen-bond acceptors (Lipinski definition) is 5. The zero-order chi connectivity index (χ0) is 18.1. The number of aryl methyl sites for hydroxylation is 2. The van der Waals surface area contributed by atoms with Crippen LogP contribution in [0.5, 0.6) is 0 Å². The number of fused-ring (bicyclic) bond motifs is 2. The summed E-state index contributed by atoms with van der Waals surface area (Å²) in [6.07, 6.45) is 8.51. The molecule has 5 rings (SSSR count). The molecule has 7 nitrogen and oxygen atoms in total. The van der Waals surface area contributed by atoms with E-state index in [1.54, 1.807) is 0 Å². The molecule has 0 radical (unpaired) electrons. The van der Waals surface area contributed by atoms with Gasteiger partial charge < -0.3 is 9.88 Å². The third-order valence-electron chi connectivity index (χ3n) is 6.42. The van der Waals surface area contributed by atoms with Gasteiger partial charge in [0.15, 0.2) is 0 Å². The van der Waals surface area contributed by atoms with Crippen molar-refractivity contribution < 1.29 is 0 Å². The first-order chi connectivity index (χ1) is 13.4. The fourth-order valence-electron chi connectivity index (χ4n) is 4.89. The summed E-state index contributed by atoms with van der Waals surface area (Å²) in [6.45, 7) is 7.45. The lowest BCUT2D eigenvalue weighted by atomic mass is 9.95. The van der Waals surface area contributed by atoms with Crippen LogP contribution in [-0.4, -0.2) is 49.1 Å². The molecule has 0 atom stereocenters. The van der Waals surface area contributed by atoms with Crippen molar-refractivity contribution in [1.29, 1.82) is 0 Å². The molecule has 7 heteroatoms. The second-order valence-electron chi connectivity index (χ2n) is 8.37. The Bertz CT molecular complexity index is 746. The van der Waals surface area contributed by atoms with Gasteiger partial charge in [0.25, 0.3) is 0 Å². The maximum Gasteiger partial charge on any atom is 0.136 e. The Kier molecular flexibility index (Phi) is 4.97. The number of aromatic nitrogens is 5. The molecule has 1 saturated heterocycles. The van der Waals surface area contributed by atoms with Crippen LogP contribution in [0.4, 0.5) is 0 Å². The van der Waals surface area contributed by atoms with Crippen LogP contribution in [0, 0.1) is 0 Å².